The average molecular weight is 182 g/mol. The summed E-state index contributed by atoms with van der Waals surface area (Å²) in [5, 5.41) is 21.1. The minimum atomic E-state index is -1.50. The van der Waals surface area contributed by atoms with Crippen LogP contribution in [-0.2, 0) is 21.6 Å². The van der Waals surface area contributed by atoms with E-state index in [2.05, 4.69) is 0 Å². The van der Waals surface area contributed by atoms with E-state index in [4.69, 9.17) is 25.2 Å². The molecular formula is C2H5CoNO5. The standard InChI is InChI=1S/C2H4O2.Co.HNO3/c1-2(3)4;;2-1(3)4/h1H3,(H,3,4);;(H,2,3,4). The summed E-state index contributed by atoms with van der Waals surface area (Å²) in [6.07, 6.45) is 0. The Hall–Kier alpha value is -0.824. The first kappa shape index (κ1) is 15.7. The van der Waals surface area contributed by atoms with Gasteiger partial charge in [0.15, 0.2) is 0 Å². The third-order valence-electron chi connectivity index (χ3n) is 0. The van der Waals surface area contributed by atoms with Gasteiger partial charge >= 0.3 is 0 Å². The van der Waals surface area contributed by atoms with Crippen molar-refractivity contribution in [2.75, 3.05) is 0 Å². The largest absolute Gasteiger partial charge is 0.481 e. The van der Waals surface area contributed by atoms with E-state index in [1.54, 1.807) is 0 Å². The van der Waals surface area contributed by atoms with Crippen molar-refractivity contribution >= 4 is 5.97 Å². The Morgan fingerprint density at radius 1 is 1.67 bits per heavy atom. The summed E-state index contributed by atoms with van der Waals surface area (Å²) in [4.78, 5) is 17.4. The van der Waals surface area contributed by atoms with E-state index in [1.165, 1.54) is 0 Å². The zero-order valence-corrected chi connectivity index (χ0v) is 5.44. The molecule has 0 spiro atoms. The normalized spacial score (nSPS) is 5.44. The number of carboxylic acids is 1. The van der Waals surface area contributed by atoms with Crippen molar-refractivity contribution < 1.29 is 37.0 Å². The average Bonchev–Trinajstić information content (AvgIpc) is 1.25. The molecular weight excluding hydrogens is 177 g/mol. The van der Waals surface area contributed by atoms with Crippen LogP contribution in [0.3, 0.4) is 0 Å². The van der Waals surface area contributed by atoms with Crippen molar-refractivity contribution in [3.05, 3.63) is 10.1 Å². The van der Waals surface area contributed by atoms with E-state index >= 15 is 0 Å². The molecule has 0 heterocycles. The van der Waals surface area contributed by atoms with Crippen LogP contribution in [0.15, 0.2) is 0 Å². The molecule has 0 amide bonds. The summed E-state index contributed by atoms with van der Waals surface area (Å²) in [7, 11) is 0. The van der Waals surface area contributed by atoms with Gasteiger partial charge in [-0.15, -0.1) is 10.1 Å². The molecule has 9 heavy (non-hydrogen) atoms. The zero-order chi connectivity index (χ0) is 7.15. The molecule has 0 aromatic rings. The maximum Gasteiger partial charge on any atom is 0.300 e. The molecule has 0 aliphatic heterocycles. The van der Waals surface area contributed by atoms with Crippen LogP contribution < -0.4 is 0 Å². The summed E-state index contributed by atoms with van der Waals surface area (Å²) in [6, 6.07) is 0. The van der Waals surface area contributed by atoms with E-state index in [0.717, 1.165) is 6.92 Å². The van der Waals surface area contributed by atoms with Crippen LogP contribution in [0.25, 0.3) is 0 Å². The Kier molecular flexibility index (Phi) is 17.8. The van der Waals surface area contributed by atoms with Crippen molar-refractivity contribution in [1.82, 2.24) is 0 Å². The second kappa shape index (κ2) is 10.2. The molecule has 0 bridgehead atoms. The number of hydrogen-bond acceptors (Lipinski definition) is 3. The monoisotopic (exact) mass is 182 g/mol. The molecule has 0 fully saturated rings. The number of rotatable bonds is 0. The molecule has 0 aliphatic rings. The molecule has 0 aromatic heterocycles. The Morgan fingerprint density at radius 2 is 1.67 bits per heavy atom. The molecule has 6 nitrogen and oxygen atoms in total. The fraction of sp³-hybridized carbons (Fsp3) is 0.500. The molecule has 0 saturated heterocycles. The Morgan fingerprint density at radius 3 is 1.67 bits per heavy atom. The first-order valence-electron chi connectivity index (χ1n) is 1.49. The number of aliphatic carboxylic acids is 1. The smallest absolute Gasteiger partial charge is 0.300 e. The number of carbonyl (C=O) groups is 1. The van der Waals surface area contributed by atoms with E-state index in [-0.39, 0.29) is 16.8 Å². The topological polar surface area (TPSA) is 101 Å². The maximum atomic E-state index is 9.00. The summed E-state index contributed by atoms with van der Waals surface area (Å²) >= 11 is 0. The van der Waals surface area contributed by atoms with Crippen LogP contribution in [0.1, 0.15) is 6.92 Å². The molecule has 0 aliphatic carbocycles. The second-order valence-corrected chi connectivity index (χ2v) is 0.757. The Labute approximate surface area is 60.8 Å². The van der Waals surface area contributed by atoms with E-state index < -0.39 is 11.1 Å². The quantitative estimate of drug-likeness (QED) is 0.397. The summed E-state index contributed by atoms with van der Waals surface area (Å²) in [6.45, 7) is 1.08. The van der Waals surface area contributed by atoms with Crippen molar-refractivity contribution in [3.8, 4) is 0 Å². The molecule has 0 saturated carbocycles. The van der Waals surface area contributed by atoms with E-state index in [9.17, 15) is 0 Å². The van der Waals surface area contributed by atoms with Gasteiger partial charge in [-0.3, -0.25) is 4.79 Å². The van der Waals surface area contributed by atoms with Gasteiger partial charge < -0.3 is 10.3 Å². The van der Waals surface area contributed by atoms with E-state index in [0.29, 0.717) is 0 Å². The fourth-order valence-electron chi connectivity index (χ4n) is 0. The molecule has 1 radical (unpaired) electrons. The van der Waals surface area contributed by atoms with Gasteiger partial charge in [0.25, 0.3) is 11.1 Å². The minimum Gasteiger partial charge on any atom is -0.481 e. The van der Waals surface area contributed by atoms with Gasteiger partial charge in [-0.1, -0.05) is 0 Å². The number of carboxylic acid groups (broad SMARTS) is 1. The number of nitrogens with zero attached hydrogens (tertiary/aromatic N) is 1. The first-order chi connectivity index (χ1) is 3.46. The minimum absolute atomic E-state index is 0. The van der Waals surface area contributed by atoms with Crippen molar-refractivity contribution in [1.29, 1.82) is 0 Å². The van der Waals surface area contributed by atoms with Crippen LogP contribution in [0.2, 0.25) is 0 Å². The fourth-order valence-corrected chi connectivity index (χ4v) is 0. The number of hydrogen-bond donors (Lipinski definition) is 2. The molecule has 2 N–H and O–H groups in total. The summed E-state index contributed by atoms with van der Waals surface area (Å²) in [5.74, 6) is -0.833. The first-order valence-corrected chi connectivity index (χ1v) is 1.49. The molecule has 7 heteroatoms. The van der Waals surface area contributed by atoms with Crippen LogP contribution in [0.4, 0.5) is 0 Å². The van der Waals surface area contributed by atoms with E-state index in [1.807, 2.05) is 0 Å². The van der Waals surface area contributed by atoms with Gasteiger partial charge in [0.1, 0.15) is 0 Å². The Balaban J connectivity index is -0.0000000720. The van der Waals surface area contributed by atoms with Crippen molar-refractivity contribution in [2.24, 2.45) is 0 Å². The summed E-state index contributed by atoms with van der Waals surface area (Å²) < 4.78 is 0. The van der Waals surface area contributed by atoms with Gasteiger partial charge in [0.05, 0.1) is 0 Å². The van der Waals surface area contributed by atoms with Crippen LogP contribution in [0, 0.1) is 10.1 Å². The predicted molar refractivity (Wildman–Crippen MR) is 22.1 cm³/mol. The zero-order valence-electron chi connectivity index (χ0n) is 4.40. The second-order valence-electron chi connectivity index (χ2n) is 0.757. The maximum absolute atomic E-state index is 9.00. The van der Waals surface area contributed by atoms with Gasteiger partial charge in [-0.25, -0.2) is 0 Å². The van der Waals surface area contributed by atoms with Crippen molar-refractivity contribution in [3.63, 3.8) is 0 Å². The van der Waals surface area contributed by atoms with Crippen molar-refractivity contribution in [2.45, 2.75) is 6.92 Å². The summed E-state index contributed by atoms with van der Waals surface area (Å²) in [5.41, 5.74) is 0. The van der Waals surface area contributed by atoms with Crippen LogP contribution in [0.5, 0.6) is 0 Å². The van der Waals surface area contributed by atoms with Gasteiger partial charge in [-0.05, 0) is 0 Å². The van der Waals surface area contributed by atoms with Crippen LogP contribution in [-0.4, -0.2) is 21.4 Å². The van der Waals surface area contributed by atoms with Gasteiger partial charge in [0.2, 0.25) is 0 Å². The van der Waals surface area contributed by atoms with Crippen LogP contribution >= 0.6 is 0 Å². The third kappa shape index (κ3) is 284. The molecule has 0 aromatic carbocycles. The third-order valence-corrected chi connectivity index (χ3v) is 0. The SMILES string of the molecule is CC(=O)O.O=[N+]([O-])O.[Co]. The predicted octanol–water partition coefficient (Wildman–Crippen LogP) is -0.259. The van der Waals surface area contributed by atoms with Gasteiger partial charge in [0, 0.05) is 23.7 Å². The molecule has 0 rings (SSSR count). The Bertz CT molecular complexity index is 73.0. The van der Waals surface area contributed by atoms with Gasteiger partial charge in [-0.2, -0.15) is 0 Å². The molecule has 57 valence electrons. The molecule has 0 atom stereocenters. The molecule has 0 unspecified atom stereocenters.